The summed E-state index contributed by atoms with van der Waals surface area (Å²) in [5, 5.41) is 0. The number of aromatic nitrogens is 1. The second kappa shape index (κ2) is 2.70. The summed E-state index contributed by atoms with van der Waals surface area (Å²) in [5.74, 6) is 1.10. The van der Waals surface area contributed by atoms with Gasteiger partial charge in [-0.3, -0.25) is 0 Å². The third kappa shape index (κ3) is 1.12. The van der Waals surface area contributed by atoms with E-state index in [2.05, 4.69) is 27.9 Å². The molecule has 73 valence electrons. The Labute approximate surface area is 84.3 Å². The molecule has 3 rings (SSSR count). The molecule has 2 aliphatic rings. The Balaban J connectivity index is 1.65. The molecule has 0 saturated carbocycles. The smallest absolute Gasteiger partial charge is 0.128 e. The normalized spacial score (nSPS) is 24.5. The van der Waals surface area contributed by atoms with Gasteiger partial charge in [0.05, 0.1) is 0 Å². The first-order valence-corrected chi connectivity index (χ1v) is 5.03. The van der Waals surface area contributed by atoms with Gasteiger partial charge in [-0.05, 0) is 19.2 Å². The van der Waals surface area contributed by atoms with Crippen molar-refractivity contribution in [3.05, 3.63) is 24.4 Å². The summed E-state index contributed by atoms with van der Waals surface area (Å²) in [7, 11) is 2.18. The topological polar surface area (TPSA) is 19.4 Å². The lowest BCUT2D eigenvalue weighted by atomic mass is 9.73. The van der Waals surface area contributed by atoms with Crippen LogP contribution in [0.1, 0.15) is 0 Å². The molecule has 1 spiro atoms. The van der Waals surface area contributed by atoms with Crippen LogP contribution in [0.2, 0.25) is 0 Å². The van der Waals surface area contributed by atoms with Gasteiger partial charge in [0.15, 0.2) is 0 Å². The van der Waals surface area contributed by atoms with Gasteiger partial charge in [-0.25, -0.2) is 4.98 Å². The maximum Gasteiger partial charge on any atom is 0.128 e. The van der Waals surface area contributed by atoms with E-state index in [0.717, 1.165) is 5.82 Å². The van der Waals surface area contributed by atoms with Gasteiger partial charge in [0.2, 0.25) is 0 Å². The Bertz CT molecular complexity index is 322. The molecule has 0 aromatic carbocycles. The van der Waals surface area contributed by atoms with E-state index in [-0.39, 0.29) is 0 Å². The summed E-state index contributed by atoms with van der Waals surface area (Å²) < 4.78 is 0. The highest BCUT2D eigenvalue weighted by Crippen LogP contribution is 2.40. The standard InChI is InChI=1S/C11H14N3/c1-13-6-11(7-13)8-14(9-11)10-4-2-3-5-12-10/h2,4-5H,6-9H2,1H3. The van der Waals surface area contributed by atoms with Gasteiger partial charge in [0.1, 0.15) is 5.82 Å². The molecule has 0 atom stereocenters. The molecular weight excluding hydrogens is 174 g/mol. The molecule has 1 aromatic rings. The zero-order valence-corrected chi connectivity index (χ0v) is 8.40. The quantitative estimate of drug-likeness (QED) is 0.644. The van der Waals surface area contributed by atoms with Gasteiger partial charge in [-0.2, -0.15) is 0 Å². The maximum atomic E-state index is 4.30. The molecule has 2 saturated heterocycles. The molecule has 1 aromatic heterocycles. The highest BCUT2D eigenvalue weighted by Gasteiger charge is 2.50. The Hall–Kier alpha value is -1.09. The average molecular weight is 188 g/mol. The lowest BCUT2D eigenvalue weighted by Crippen LogP contribution is -2.71. The molecule has 3 nitrogen and oxygen atoms in total. The van der Waals surface area contributed by atoms with Crippen LogP contribution >= 0.6 is 0 Å². The number of rotatable bonds is 1. The second-order valence-corrected chi connectivity index (χ2v) is 4.64. The summed E-state index contributed by atoms with van der Waals surface area (Å²) in [4.78, 5) is 9.03. The predicted octanol–water partition coefficient (Wildman–Crippen LogP) is 0.634. The molecule has 0 aliphatic carbocycles. The van der Waals surface area contributed by atoms with Crippen molar-refractivity contribution in [2.45, 2.75) is 0 Å². The zero-order chi connectivity index (χ0) is 9.60. The third-order valence-electron chi connectivity index (χ3n) is 3.19. The zero-order valence-electron chi connectivity index (χ0n) is 8.40. The van der Waals surface area contributed by atoms with Crippen molar-refractivity contribution in [2.75, 3.05) is 38.1 Å². The number of hydrogen-bond acceptors (Lipinski definition) is 3. The van der Waals surface area contributed by atoms with E-state index in [9.17, 15) is 0 Å². The fourth-order valence-corrected chi connectivity index (χ4v) is 2.72. The fourth-order valence-electron chi connectivity index (χ4n) is 2.72. The van der Waals surface area contributed by atoms with Gasteiger partial charge in [0.25, 0.3) is 0 Å². The predicted molar refractivity (Wildman–Crippen MR) is 55.2 cm³/mol. The molecule has 0 amide bonds. The Kier molecular flexibility index (Phi) is 1.59. The van der Waals surface area contributed by atoms with E-state index >= 15 is 0 Å². The van der Waals surface area contributed by atoms with E-state index in [0.29, 0.717) is 5.41 Å². The summed E-state index contributed by atoms with van der Waals surface area (Å²) in [5.41, 5.74) is 0.593. The SMILES string of the molecule is CN1CC2(C1)CN(c1cc[c]cn1)C2. The van der Waals surface area contributed by atoms with Crippen LogP contribution in [0, 0.1) is 11.5 Å². The van der Waals surface area contributed by atoms with Crippen LogP contribution in [0.15, 0.2) is 18.3 Å². The number of hydrogen-bond donors (Lipinski definition) is 0. The molecule has 2 fully saturated rings. The van der Waals surface area contributed by atoms with Crippen LogP contribution in [-0.2, 0) is 0 Å². The van der Waals surface area contributed by atoms with Crippen molar-refractivity contribution in [1.82, 2.24) is 9.88 Å². The van der Waals surface area contributed by atoms with Gasteiger partial charge < -0.3 is 9.80 Å². The summed E-state index contributed by atoms with van der Waals surface area (Å²) in [6.07, 6.45) is 1.74. The first-order valence-electron chi connectivity index (χ1n) is 5.03. The number of nitrogens with zero attached hydrogens (tertiary/aromatic N) is 3. The van der Waals surface area contributed by atoms with E-state index in [1.807, 2.05) is 12.1 Å². The van der Waals surface area contributed by atoms with Crippen LogP contribution < -0.4 is 4.90 Å². The van der Waals surface area contributed by atoms with Crippen LogP contribution in [-0.4, -0.2) is 43.1 Å². The van der Waals surface area contributed by atoms with Crippen molar-refractivity contribution >= 4 is 5.82 Å². The minimum atomic E-state index is 0.593. The second-order valence-electron chi connectivity index (χ2n) is 4.64. The molecule has 0 N–H and O–H groups in total. The maximum absolute atomic E-state index is 4.30. The van der Waals surface area contributed by atoms with Crippen LogP contribution in [0.4, 0.5) is 5.82 Å². The van der Waals surface area contributed by atoms with Crippen molar-refractivity contribution < 1.29 is 0 Å². The van der Waals surface area contributed by atoms with Gasteiger partial charge >= 0.3 is 0 Å². The summed E-state index contributed by atoms with van der Waals surface area (Å²) >= 11 is 0. The van der Waals surface area contributed by atoms with Crippen molar-refractivity contribution in [2.24, 2.45) is 5.41 Å². The van der Waals surface area contributed by atoms with Crippen LogP contribution in [0.3, 0.4) is 0 Å². The minimum absolute atomic E-state index is 0.593. The first kappa shape index (κ1) is 8.24. The van der Waals surface area contributed by atoms with Crippen LogP contribution in [0.25, 0.3) is 0 Å². The molecule has 3 heterocycles. The highest BCUT2D eigenvalue weighted by molar-refractivity contribution is 5.43. The number of likely N-dealkylation sites (tertiary alicyclic amines) is 1. The lowest BCUT2D eigenvalue weighted by Gasteiger charge is -2.59. The van der Waals surface area contributed by atoms with E-state index in [1.165, 1.54) is 26.2 Å². The lowest BCUT2D eigenvalue weighted by molar-refractivity contribution is -0.00279. The monoisotopic (exact) mass is 188 g/mol. The minimum Gasteiger partial charge on any atom is -0.355 e. The van der Waals surface area contributed by atoms with Crippen molar-refractivity contribution in [3.63, 3.8) is 0 Å². The molecule has 0 bridgehead atoms. The molecular formula is C11H14N3. The summed E-state index contributed by atoms with van der Waals surface area (Å²) in [6.45, 7) is 4.85. The number of pyridine rings is 1. The molecule has 3 heteroatoms. The largest absolute Gasteiger partial charge is 0.355 e. The fraction of sp³-hybridized carbons (Fsp3) is 0.545. The first-order chi connectivity index (χ1) is 6.77. The Morgan fingerprint density at radius 1 is 1.36 bits per heavy atom. The van der Waals surface area contributed by atoms with Gasteiger partial charge in [-0.15, -0.1) is 0 Å². The van der Waals surface area contributed by atoms with Crippen molar-refractivity contribution in [1.29, 1.82) is 0 Å². The Morgan fingerprint density at radius 2 is 2.14 bits per heavy atom. The Morgan fingerprint density at radius 3 is 2.71 bits per heavy atom. The van der Waals surface area contributed by atoms with E-state index in [1.54, 1.807) is 6.20 Å². The van der Waals surface area contributed by atoms with Gasteiger partial charge in [-0.1, -0.05) is 0 Å². The molecule has 14 heavy (non-hydrogen) atoms. The average Bonchev–Trinajstić information content (AvgIpc) is 2.10. The van der Waals surface area contributed by atoms with E-state index in [4.69, 9.17) is 0 Å². The number of anilines is 1. The third-order valence-corrected chi connectivity index (χ3v) is 3.19. The van der Waals surface area contributed by atoms with Crippen LogP contribution in [0.5, 0.6) is 0 Å². The molecule has 2 aliphatic heterocycles. The van der Waals surface area contributed by atoms with Crippen molar-refractivity contribution in [3.8, 4) is 0 Å². The summed E-state index contributed by atoms with van der Waals surface area (Å²) in [6, 6.07) is 6.91. The van der Waals surface area contributed by atoms with Gasteiger partial charge in [0, 0.05) is 43.9 Å². The van der Waals surface area contributed by atoms with E-state index < -0.39 is 0 Å². The molecule has 0 unspecified atom stereocenters. The highest BCUT2D eigenvalue weighted by atomic mass is 15.3. The molecule has 1 radical (unpaired) electrons.